The minimum absolute atomic E-state index is 0.126. The van der Waals surface area contributed by atoms with E-state index in [1.807, 2.05) is 24.3 Å². The van der Waals surface area contributed by atoms with Crippen molar-refractivity contribution >= 4 is 29.1 Å². The largest absolute Gasteiger partial charge is 0.495 e. The topological polar surface area (TPSA) is 46.6 Å². The van der Waals surface area contributed by atoms with Crippen LogP contribution in [0.15, 0.2) is 66.7 Å². The number of halogens is 1. The number of benzene rings is 3. The Morgan fingerprint density at radius 1 is 0.767 bits per heavy atom. The summed E-state index contributed by atoms with van der Waals surface area (Å²) >= 11 is 6.21. The zero-order chi connectivity index (χ0) is 20.6. The number of imide groups is 1. The van der Waals surface area contributed by atoms with E-state index >= 15 is 0 Å². The first-order valence-corrected chi connectivity index (χ1v) is 10.4. The molecule has 0 aromatic heterocycles. The second-order valence-corrected chi connectivity index (χ2v) is 8.53. The van der Waals surface area contributed by atoms with Crippen LogP contribution < -0.4 is 9.64 Å². The van der Waals surface area contributed by atoms with Gasteiger partial charge in [-0.25, -0.2) is 4.90 Å². The Morgan fingerprint density at radius 2 is 1.23 bits per heavy atom. The van der Waals surface area contributed by atoms with Crippen LogP contribution in [0.5, 0.6) is 5.75 Å². The minimum Gasteiger partial charge on any atom is -0.495 e. The third kappa shape index (κ3) is 2.12. The Morgan fingerprint density at radius 3 is 1.67 bits per heavy atom. The summed E-state index contributed by atoms with van der Waals surface area (Å²) in [6.07, 6.45) is 0. The summed E-state index contributed by atoms with van der Waals surface area (Å²) < 4.78 is 5.45. The third-order valence-electron chi connectivity index (χ3n) is 6.83. The van der Waals surface area contributed by atoms with Gasteiger partial charge < -0.3 is 4.74 Å². The van der Waals surface area contributed by atoms with E-state index in [0.717, 1.165) is 22.3 Å². The highest BCUT2D eigenvalue weighted by atomic mass is 35.5. The van der Waals surface area contributed by atoms with E-state index in [4.69, 9.17) is 16.3 Å². The average Bonchev–Trinajstić information content (AvgIpc) is 3.04. The number of amides is 2. The van der Waals surface area contributed by atoms with Gasteiger partial charge >= 0.3 is 0 Å². The summed E-state index contributed by atoms with van der Waals surface area (Å²) in [7, 11) is 1.53. The highest BCUT2D eigenvalue weighted by Gasteiger charge is 2.62. The molecule has 2 amide bonds. The third-order valence-corrected chi connectivity index (χ3v) is 7.07. The molecule has 1 heterocycles. The molecule has 3 aromatic rings. The summed E-state index contributed by atoms with van der Waals surface area (Å²) in [6, 6.07) is 21.4. The first kappa shape index (κ1) is 17.7. The van der Waals surface area contributed by atoms with Gasteiger partial charge in [0.1, 0.15) is 5.75 Å². The van der Waals surface area contributed by atoms with Gasteiger partial charge in [-0.2, -0.15) is 0 Å². The summed E-state index contributed by atoms with van der Waals surface area (Å²) in [5.41, 5.74) is 5.04. The average molecular weight is 416 g/mol. The van der Waals surface area contributed by atoms with Crippen molar-refractivity contribution in [3.05, 3.63) is 94.0 Å². The predicted octanol–water partition coefficient (Wildman–Crippen LogP) is 4.75. The standard InChI is InChI=1S/C25H18ClNO3/c1-30-19-11-10-13(26)12-18(19)27-24(28)22-20-14-6-2-3-7-15(14)21(23(22)25(27)29)17-9-5-4-8-16(17)20/h2-12,20-23H,1H3/t20?,21?,22-,23-/m0/s1. The number of carbonyl (C=O) groups excluding carboxylic acids is 2. The number of hydrogen-bond donors (Lipinski definition) is 0. The smallest absolute Gasteiger partial charge is 0.238 e. The van der Waals surface area contributed by atoms with E-state index in [0.29, 0.717) is 16.5 Å². The van der Waals surface area contributed by atoms with Crippen molar-refractivity contribution in [1.29, 1.82) is 0 Å². The van der Waals surface area contributed by atoms with Crippen molar-refractivity contribution in [3.63, 3.8) is 0 Å². The number of rotatable bonds is 2. The van der Waals surface area contributed by atoms with Crippen LogP contribution in [0.25, 0.3) is 0 Å². The quantitative estimate of drug-likeness (QED) is 0.568. The van der Waals surface area contributed by atoms with Crippen molar-refractivity contribution in [2.24, 2.45) is 11.8 Å². The fourth-order valence-corrected chi connectivity index (χ4v) is 5.92. The van der Waals surface area contributed by atoms with Gasteiger partial charge in [0.2, 0.25) is 11.8 Å². The van der Waals surface area contributed by atoms with Gasteiger partial charge in [-0.1, -0.05) is 60.1 Å². The maximum Gasteiger partial charge on any atom is 0.238 e. The maximum atomic E-state index is 13.7. The molecule has 1 aliphatic heterocycles. The fraction of sp³-hybridized carbons (Fsp3) is 0.200. The predicted molar refractivity (Wildman–Crippen MR) is 114 cm³/mol. The van der Waals surface area contributed by atoms with Gasteiger partial charge in [0, 0.05) is 16.9 Å². The Kier molecular flexibility index (Phi) is 3.66. The van der Waals surface area contributed by atoms with E-state index in [-0.39, 0.29) is 23.7 Å². The number of carbonyl (C=O) groups is 2. The van der Waals surface area contributed by atoms with E-state index in [1.54, 1.807) is 18.2 Å². The number of ether oxygens (including phenoxy) is 1. The van der Waals surface area contributed by atoms with Crippen LogP contribution in [0.3, 0.4) is 0 Å². The highest BCUT2D eigenvalue weighted by Crippen LogP contribution is 2.61. The van der Waals surface area contributed by atoms with Crippen LogP contribution in [-0.4, -0.2) is 18.9 Å². The zero-order valence-electron chi connectivity index (χ0n) is 16.2. The maximum absolute atomic E-state index is 13.7. The molecule has 2 atom stereocenters. The van der Waals surface area contributed by atoms with Crippen LogP contribution in [0.1, 0.15) is 34.1 Å². The molecule has 1 fully saturated rings. The molecular formula is C25H18ClNO3. The van der Waals surface area contributed by atoms with E-state index in [2.05, 4.69) is 24.3 Å². The SMILES string of the molecule is COc1ccc(Cl)cc1N1C(=O)[C@H]2C3c4ccccc4C(c4ccccc43)[C@@H]2C1=O. The summed E-state index contributed by atoms with van der Waals surface area (Å²) in [4.78, 5) is 28.8. The molecule has 30 heavy (non-hydrogen) atoms. The fourth-order valence-electron chi connectivity index (χ4n) is 5.75. The molecule has 0 spiro atoms. The zero-order valence-corrected chi connectivity index (χ0v) is 17.0. The molecule has 4 aliphatic rings. The van der Waals surface area contributed by atoms with E-state index < -0.39 is 11.8 Å². The highest BCUT2D eigenvalue weighted by molar-refractivity contribution is 6.31. The molecule has 0 saturated carbocycles. The molecule has 7 rings (SSSR count). The monoisotopic (exact) mass is 415 g/mol. The minimum atomic E-state index is -0.420. The molecule has 4 nitrogen and oxygen atoms in total. The lowest BCUT2D eigenvalue weighted by molar-refractivity contribution is -0.122. The molecular weight excluding hydrogens is 398 g/mol. The van der Waals surface area contributed by atoms with Crippen LogP contribution in [0, 0.1) is 11.8 Å². The summed E-state index contributed by atoms with van der Waals surface area (Å²) in [5, 5.41) is 0.454. The molecule has 3 aliphatic carbocycles. The van der Waals surface area contributed by atoms with Crippen molar-refractivity contribution in [1.82, 2.24) is 0 Å². The first-order valence-electron chi connectivity index (χ1n) is 10.0. The van der Waals surface area contributed by atoms with Crippen LogP contribution in [-0.2, 0) is 9.59 Å². The Labute approximate surface area is 179 Å². The van der Waals surface area contributed by atoms with Gasteiger partial charge in [-0.15, -0.1) is 0 Å². The van der Waals surface area contributed by atoms with Gasteiger partial charge in [-0.05, 0) is 40.5 Å². The van der Waals surface area contributed by atoms with E-state index in [1.165, 1.54) is 12.0 Å². The second kappa shape index (κ2) is 6.19. The number of nitrogens with zero attached hydrogens (tertiary/aromatic N) is 1. The van der Waals surface area contributed by atoms with Crippen molar-refractivity contribution in [2.75, 3.05) is 12.0 Å². The molecule has 0 unspecified atom stereocenters. The lowest BCUT2D eigenvalue weighted by Gasteiger charge is -2.45. The van der Waals surface area contributed by atoms with Crippen molar-refractivity contribution < 1.29 is 14.3 Å². The van der Waals surface area contributed by atoms with Gasteiger partial charge in [0.15, 0.2) is 0 Å². The van der Waals surface area contributed by atoms with Gasteiger partial charge in [-0.3, -0.25) is 9.59 Å². The van der Waals surface area contributed by atoms with Crippen LogP contribution in [0.4, 0.5) is 5.69 Å². The molecule has 1 saturated heterocycles. The molecule has 3 aromatic carbocycles. The molecule has 148 valence electrons. The second-order valence-electron chi connectivity index (χ2n) is 8.09. The van der Waals surface area contributed by atoms with Crippen LogP contribution >= 0.6 is 11.6 Å². The van der Waals surface area contributed by atoms with Crippen molar-refractivity contribution in [2.45, 2.75) is 11.8 Å². The lowest BCUT2D eigenvalue weighted by Crippen LogP contribution is -2.41. The molecule has 2 bridgehead atoms. The Hall–Kier alpha value is -3.11. The van der Waals surface area contributed by atoms with E-state index in [9.17, 15) is 9.59 Å². The Bertz CT molecular complexity index is 1120. The summed E-state index contributed by atoms with van der Waals surface area (Å²) in [6.45, 7) is 0. The first-order chi connectivity index (χ1) is 14.6. The van der Waals surface area contributed by atoms with Crippen molar-refractivity contribution in [3.8, 4) is 5.75 Å². The van der Waals surface area contributed by atoms with Crippen LogP contribution in [0.2, 0.25) is 5.02 Å². The lowest BCUT2D eigenvalue weighted by atomic mass is 9.55. The normalized spacial score (nSPS) is 25.7. The number of hydrogen-bond acceptors (Lipinski definition) is 3. The number of methoxy groups -OCH3 is 1. The summed E-state index contributed by atoms with van der Waals surface area (Å²) in [5.74, 6) is -0.985. The van der Waals surface area contributed by atoms with Gasteiger partial charge in [0.25, 0.3) is 0 Å². The Balaban J connectivity index is 1.57. The molecule has 0 N–H and O–H groups in total. The molecule has 5 heteroatoms. The number of anilines is 1. The van der Waals surface area contributed by atoms with Gasteiger partial charge in [0.05, 0.1) is 24.6 Å². The molecule has 0 radical (unpaired) electrons.